The Labute approximate surface area is 140 Å². The number of amides is 1. The van der Waals surface area contributed by atoms with Gasteiger partial charge >= 0.3 is 0 Å². The molecule has 0 fully saturated rings. The molecule has 0 saturated heterocycles. The number of thiophene rings is 1. The highest BCUT2D eigenvalue weighted by Crippen LogP contribution is 2.36. The predicted molar refractivity (Wildman–Crippen MR) is 92.9 cm³/mol. The molecule has 1 aliphatic rings. The number of halogens is 2. The van der Waals surface area contributed by atoms with Crippen LogP contribution in [0, 0.1) is 2.88 Å². The molecule has 0 radical (unpaired) electrons. The number of carbonyl (C=O) groups excluding carboxylic acids is 1. The molecule has 1 amide bonds. The molecule has 0 bridgehead atoms. The van der Waals surface area contributed by atoms with E-state index < -0.39 is 0 Å². The lowest BCUT2D eigenvalue weighted by Crippen LogP contribution is -2.31. The van der Waals surface area contributed by atoms with Crippen molar-refractivity contribution in [3.63, 3.8) is 0 Å². The quantitative estimate of drug-likeness (QED) is 0.517. The standard InChI is InChI=1S/C15H13ClINOS/c1-18-12-4-2-10(6-9(12)3-5-14(18)19)15(16)11-7-13(17)20-8-11/h2,4,6-8,15H,3,5H2,1H3. The Kier molecular flexibility index (Phi) is 4.06. The molecule has 0 spiro atoms. The van der Waals surface area contributed by atoms with Crippen molar-refractivity contribution < 1.29 is 4.79 Å². The van der Waals surface area contributed by atoms with Crippen LogP contribution in [0.4, 0.5) is 5.69 Å². The molecular weight excluding hydrogens is 405 g/mol. The number of aryl methyl sites for hydroxylation is 1. The van der Waals surface area contributed by atoms with Crippen LogP contribution in [0.15, 0.2) is 29.6 Å². The lowest BCUT2D eigenvalue weighted by atomic mass is 9.97. The summed E-state index contributed by atoms with van der Waals surface area (Å²) >= 11 is 10.6. The van der Waals surface area contributed by atoms with Gasteiger partial charge in [-0.15, -0.1) is 22.9 Å². The van der Waals surface area contributed by atoms with Crippen molar-refractivity contribution in [1.82, 2.24) is 0 Å². The summed E-state index contributed by atoms with van der Waals surface area (Å²) in [5.41, 5.74) is 4.46. The smallest absolute Gasteiger partial charge is 0.227 e. The summed E-state index contributed by atoms with van der Waals surface area (Å²) in [5.74, 6) is 0.181. The maximum absolute atomic E-state index is 11.7. The zero-order valence-corrected chi connectivity index (χ0v) is 14.6. The molecule has 2 nitrogen and oxygen atoms in total. The minimum atomic E-state index is -0.122. The van der Waals surface area contributed by atoms with Gasteiger partial charge in [0, 0.05) is 19.2 Å². The van der Waals surface area contributed by atoms with Gasteiger partial charge in [0.2, 0.25) is 5.91 Å². The summed E-state index contributed by atoms with van der Waals surface area (Å²) in [6.07, 6.45) is 1.38. The lowest BCUT2D eigenvalue weighted by molar-refractivity contribution is -0.118. The van der Waals surface area contributed by atoms with E-state index in [0.29, 0.717) is 6.42 Å². The molecule has 2 heterocycles. The Morgan fingerprint density at radius 1 is 1.30 bits per heavy atom. The van der Waals surface area contributed by atoms with E-state index in [9.17, 15) is 4.79 Å². The maximum Gasteiger partial charge on any atom is 0.227 e. The molecule has 1 aliphatic heterocycles. The number of anilines is 1. The van der Waals surface area contributed by atoms with E-state index >= 15 is 0 Å². The second-order valence-corrected chi connectivity index (χ2v) is 8.13. The minimum absolute atomic E-state index is 0.122. The summed E-state index contributed by atoms with van der Waals surface area (Å²) in [6, 6.07) is 8.29. The van der Waals surface area contributed by atoms with Gasteiger partial charge in [-0.25, -0.2) is 0 Å². The SMILES string of the molecule is CN1C(=O)CCc2cc(C(Cl)c3csc(I)c3)ccc21. The second-order valence-electron chi connectivity index (χ2n) is 4.89. The number of hydrogen-bond acceptors (Lipinski definition) is 2. The first-order chi connectivity index (χ1) is 9.56. The van der Waals surface area contributed by atoms with E-state index in [-0.39, 0.29) is 11.3 Å². The second kappa shape index (κ2) is 5.66. The summed E-state index contributed by atoms with van der Waals surface area (Å²) in [4.78, 5) is 13.4. The first-order valence-corrected chi connectivity index (χ1v) is 8.73. The van der Waals surface area contributed by atoms with E-state index in [1.807, 2.05) is 19.2 Å². The molecule has 5 heteroatoms. The van der Waals surface area contributed by atoms with Crippen molar-refractivity contribution in [1.29, 1.82) is 0 Å². The van der Waals surface area contributed by atoms with Gasteiger partial charge in [0.05, 0.1) is 8.26 Å². The zero-order chi connectivity index (χ0) is 14.3. The van der Waals surface area contributed by atoms with Gasteiger partial charge in [-0.1, -0.05) is 12.1 Å². The topological polar surface area (TPSA) is 20.3 Å². The largest absolute Gasteiger partial charge is 0.315 e. The van der Waals surface area contributed by atoms with Crippen LogP contribution in [0.1, 0.15) is 28.5 Å². The van der Waals surface area contributed by atoms with E-state index in [1.165, 1.54) is 8.45 Å². The van der Waals surface area contributed by atoms with Gasteiger partial charge in [0.1, 0.15) is 0 Å². The van der Waals surface area contributed by atoms with Crippen LogP contribution in [-0.2, 0) is 11.2 Å². The molecule has 104 valence electrons. The fourth-order valence-electron chi connectivity index (χ4n) is 2.48. The third-order valence-electron chi connectivity index (χ3n) is 3.62. The van der Waals surface area contributed by atoms with Gasteiger partial charge < -0.3 is 4.90 Å². The average molecular weight is 418 g/mol. The fraction of sp³-hybridized carbons (Fsp3) is 0.267. The van der Waals surface area contributed by atoms with Crippen LogP contribution in [0.2, 0.25) is 0 Å². The van der Waals surface area contributed by atoms with Crippen molar-refractivity contribution in [3.8, 4) is 0 Å². The number of benzene rings is 1. The van der Waals surface area contributed by atoms with Crippen LogP contribution in [0.3, 0.4) is 0 Å². The first-order valence-electron chi connectivity index (χ1n) is 6.33. The number of nitrogens with zero attached hydrogens (tertiary/aromatic N) is 1. The van der Waals surface area contributed by atoms with Crippen molar-refractivity contribution in [2.75, 3.05) is 11.9 Å². The van der Waals surface area contributed by atoms with Crippen LogP contribution in [0.5, 0.6) is 0 Å². The molecule has 20 heavy (non-hydrogen) atoms. The highest BCUT2D eigenvalue weighted by molar-refractivity contribution is 14.1. The fourth-order valence-corrected chi connectivity index (χ4v) is 4.22. The van der Waals surface area contributed by atoms with Crippen molar-refractivity contribution in [3.05, 3.63) is 49.2 Å². The van der Waals surface area contributed by atoms with Gasteiger partial charge in [-0.2, -0.15) is 0 Å². The van der Waals surface area contributed by atoms with Crippen LogP contribution in [-0.4, -0.2) is 13.0 Å². The number of rotatable bonds is 2. The molecule has 0 N–H and O–H groups in total. The van der Waals surface area contributed by atoms with E-state index in [2.05, 4.69) is 40.1 Å². The highest BCUT2D eigenvalue weighted by Gasteiger charge is 2.22. The predicted octanol–water partition coefficient (Wildman–Crippen LogP) is 4.59. The first kappa shape index (κ1) is 14.4. The number of hydrogen-bond donors (Lipinski definition) is 0. The summed E-state index contributed by atoms with van der Waals surface area (Å²) in [7, 11) is 1.83. The van der Waals surface area contributed by atoms with Crippen molar-refractivity contribution in [2.45, 2.75) is 18.2 Å². The third-order valence-corrected chi connectivity index (χ3v) is 5.93. The van der Waals surface area contributed by atoms with Gasteiger partial charge in [-0.05, 0) is 63.2 Å². The Balaban J connectivity index is 1.95. The van der Waals surface area contributed by atoms with E-state index in [4.69, 9.17) is 11.6 Å². The molecule has 2 aromatic rings. The Morgan fingerprint density at radius 2 is 2.10 bits per heavy atom. The Hall–Kier alpha value is -0.590. The third kappa shape index (κ3) is 2.61. The number of alkyl halides is 1. The summed E-state index contributed by atoms with van der Waals surface area (Å²) < 4.78 is 1.24. The normalized spacial score (nSPS) is 16.1. The van der Waals surface area contributed by atoms with Crippen molar-refractivity contribution >= 4 is 57.1 Å². The molecule has 0 saturated carbocycles. The van der Waals surface area contributed by atoms with Crippen LogP contribution in [0.25, 0.3) is 0 Å². The lowest BCUT2D eigenvalue weighted by Gasteiger charge is -2.26. The minimum Gasteiger partial charge on any atom is -0.315 e. The number of fused-ring (bicyclic) bond motifs is 1. The monoisotopic (exact) mass is 417 g/mol. The van der Waals surface area contributed by atoms with Gasteiger partial charge in [0.15, 0.2) is 0 Å². The van der Waals surface area contributed by atoms with Crippen molar-refractivity contribution in [2.24, 2.45) is 0 Å². The van der Waals surface area contributed by atoms with Crippen LogP contribution >= 0.6 is 45.5 Å². The van der Waals surface area contributed by atoms with Gasteiger partial charge in [0.25, 0.3) is 0 Å². The van der Waals surface area contributed by atoms with Gasteiger partial charge in [-0.3, -0.25) is 4.79 Å². The Bertz CT molecular complexity index is 670. The molecule has 0 aliphatic carbocycles. The van der Waals surface area contributed by atoms with E-state index in [1.54, 1.807) is 16.2 Å². The molecule has 3 rings (SSSR count). The Morgan fingerprint density at radius 3 is 2.80 bits per heavy atom. The van der Waals surface area contributed by atoms with E-state index in [0.717, 1.165) is 23.2 Å². The summed E-state index contributed by atoms with van der Waals surface area (Å²) in [5, 5.41) is 1.98. The zero-order valence-electron chi connectivity index (χ0n) is 10.9. The van der Waals surface area contributed by atoms with Crippen LogP contribution < -0.4 is 4.90 Å². The molecule has 1 aromatic heterocycles. The molecule has 1 atom stereocenters. The maximum atomic E-state index is 11.7. The molecule has 1 aromatic carbocycles. The number of carbonyl (C=O) groups is 1. The summed E-state index contributed by atoms with van der Waals surface area (Å²) in [6.45, 7) is 0. The average Bonchev–Trinajstić information content (AvgIpc) is 2.88. The highest BCUT2D eigenvalue weighted by atomic mass is 127. The molecular formula is C15H13ClINOS. The molecule has 1 unspecified atom stereocenters.